The molecule has 0 aliphatic carbocycles. The second-order valence-corrected chi connectivity index (χ2v) is 4.62. The van der Waals surface area contributed by atoms with Gasteiger partial charge in [-0.05, 0) is 6.92 Å². The van der Waals surface area contributed by atoms with Gasteiger partial charge in [-0.15, -0.1) is 0 Å². The lowest BCUT2D eigenvalue weighted by atomic mass is 9.87. The van der Waals surface area contributed by atoms with Crippen LogP contribution in [0.3, 0.4) is 0 Å². The molecule has 0 heterocycles. The number of esters is 1. The Kier molecular flexibility index (Phi) is 7.33. The van der Waals surface area contributed by atoms with Crippen LogP contribution in [0.2, 0.25) is 0 Å². The van der Waals surface area contributed by atoms with E-state index in [0.29, 0.717) is 0 Å². The van der Waals surface area contributed by atoms with E-state index in [2.05, 4.69) is 4.74 Å². The van der Waals surface area contributed by atoms with Gasteiger partial charge in [0.15, 0.2) is 0 Å². The molecule has 0 amide bonds. The van der Waals surface area contributed by atoms with E-state index in [4.69, 9.17) is 10.2 Å². The van der Waals surface area contributed by atoms with Crippen LogP contribution in [0.25, 0.3) is 0 Å². The summed E-state index contributed by atoms with van der Waals surface area (Å²) in [6, 6.07) is 0. The summed E-state index contributed by atoms with van der Waals surface area (Å²) in [6.07, 6.45) is -5.75. The quantitative estimate of drug-likeness (QED) is 0.126. The highest BCUT2D eigenvalue weighted by atomic mass is 16.7. The van der Waals surface area contributed by atoms with Gasteiger partial charge in [-0.1, -0.05) is 0 Å². The van der Waals surface area contributed by atoms with Crippen LogP contribution in [-0.2, 0) is 14.3 Å². The van der Waals surface area contributed by atoms with Gasteiger partial charge < -0.3 is 40.5 Å². The summed E-state index contributed by atoms with van der Waals surface area (Å²) in [7, 11) is 0. The van der Waals surface area contributed by atoms with E-state index in [-0.39, 0.29) is 0 Å². The maximum Gasteiger partial charge on any atom is 0.320 e. The first-order valence-electron chi connectivity index (χ1n) is 5.96. The number of ketones is 1. The number of hydrogen-bond donors (Lipinski definition) is 7. The number of carbonyl (C=O) groups is 2. The first-order chi connectivity index (χ1) is 9.50. The Labute approximate surface area is 119 Å². The minimum absolute atomic E-state index is 0.644. The Morgan fingerprint density at radius 3 is 1.95 bits per heavy atom. The van der Waals surface area contributed by atoms with Crippen molar-refractivity contribution in [2.75, 3.05) is 13.2 Å². The molecule has 124 valence electrons. The van der Waals surface area contributed by atoms with Crippen LogP contribution >= 0.6 is 0 Å². The highest BCUT2D eigenvalue weighted by molar-refractivity contribution is 5.94. The van der Waals surface area contributed by atoms with Crippen molar-refractivity contribution in [3.05, 3.63) is 0 Å². The van der Waals surface area contributed by atoms with Crippen molar-refractivity contribution < 1.29 is 50.1 Å². The molecule has 0 bridgehead atoms. The monoisotopic (exact) mass is 312 g/mol. The maximum atomic E-state index is 11.5. The fraction of sp³-hybridized carbons (Fsp3) is 0.818. The van der Waals surface area contributed by atoms with Gasteiger partial charge in [0, 0.05) is 6.42 Å². The van der Waals surface area contributed by atoms with Crippen LogP contribution in [0.15, 0.2) is 0 Å². The highest BCUT2D eigenvalue weighted by Crippen LogP contribution is 2.32. The highest BCUT2D eigenvalue weighted by Gasteiger charge is 2.58. The summed E-state index contributed by atoms with van der Waals surface area (Å²) < 4.78 is 4.55. The first kappa shape index (κ1) is 19.9. The van der Waals surface area contributed by atoms with Crippen LogP contribution < -0.4 is 0 Å². The van der Waals surface area contributed by atoms with Crippen LogP contribution in [0, 0.1) is 0 Å². The van der Waals surface area contributed by atoms with Gasteiger partial charge in [0.2, 0.25) is 5.60 Å². The summed E-state index contributed by atoms with van der Waals surface area (Å²) in [6.45, 7) is -1.05. The molecule has 0 saturated carbocycles. The third-order valence-electron chi connectivity index (χ3n) is 2.72. The predicted molar refractivity (Wildman–Crippen MR) is 64.3 cm³/mol. The molecule has 0 rings (SSSR count). The lowest BCUT2D eigenvalue weighted by Gasteiger charge is -2.42. The fourth-order valence-corrected chi connectivity index (χ4v) is 1.68. The Hall–Kier alpha value is -1.14. The fourth-order valence-electron chi connectivity index (χ4n) is 1.68. The number of rotatable bonds is 9. The summed E-state index contributed by atoms with van der Waals surface area (Å²) in [5.41, 5.74) is -2.96. The topological polar surface area (TPSA) is 185 Å². The molecule has 10 heteroatoms. The second kappa shape index (κ2) is 7.75. The lowest BCUT2D eigenvalue weighted by molar-refractivity contribution is -0.411. The molecule has 0 fully saturated rings. The molecule has 0 saturated heterocycles. The van der Waals surface area contributed by atoms with Crippen molar-refractivity contribution in [1.29, 1.82) is 0 Å². The molecule has 3 atom stereocenters. The Morgan fingerprint density at radius 2 is 1.62 bits per heavy atom. The third kappa shape index (κ3) is 5.28. The van der Waals surface area contributed by atoms with Crippen molar-refractivity contribution in [3.63, 3.8) is 0 Å². The van der Waals surface area contributed by atoms with Crippen molar-refractivity contribution >= 4 is 11.8 Å². The lowest BCUT2D eigenvalue weighted by Crippen LogP contribution is -2.66. The van der Waals surface area contributed by atoms with Crippen LogP contribution in [0.5, 0.6) is 0 Å². The molecule has 10 nitrogen and oxygen atoms in total. The van der Waals surface area contributed by atoms with E-state index < -0.39 is 61.6 Å². The van der Waals surface area contributed by atoms with Crippen molar-refractivity contribution in [3.8, 4) is 0 Å². The molecule has 3 unspecified atom stereocenters. The van der Waals surface area contributed by atoms with Crippen molar-refractivity contribution in [2.24, 2.45) is 0 Å². The molecule has 0 aromatic heterocycles. The van der Waals surface area contributed by atoms with Crippen molar-refractivity contribution in [2.45, 2.75) is 43.5 Å². The number of hydrogen-bond acceptors (Lipinski definition) is 10. The van der Waals surface area contributed by atoms with Gasteiger partial charge in [-0.25, -0.2) is 0 Å². The van der Waals surface area contributed by atoms with E-state index in [1.165, 1.54) is 0 Å². The molecular formula is C11H20O10. The molecule has 0 aromatic carbocycles. The smallest absolute Gasteiger partial charge is 0.320 e. The zero-order valence-corrected chi connectivity index (χ0v) is 11.3. The maximum absolute atomic E-state index is 11.5. The molecular weight excluding hydrogens is 292 g/mol. The molecule has 0 radical (unpaired) electrons. The molecule has 7 N–H and O–H groups in total. The van der Waals surface area contributed by atoms with E-state index in [1.807, 2.05) is 0 Å². The van der Waals surface area contributed by atoms with E-state index >= 15 is 0 Å². The number of aliphatic hydroxyl groups is 7. The number of aliphatic hydroxyl groups excluding tert-OH is 4. The second-order valence-electron chi connectivity index (χ2n) is 4.62. The zero-order valence-electron chi connectivity index (χ0n) is 11.3. The summed E-state index contributed by atoms with van der Waals surface area (Å²) in [4.78, 5) is 22.3. The Bertz CT molecular complexity index is 363. The minimum Gasteiger partial charge on any atom is -0.447 e. The SMILES string of the molecule is CC(=O)CC(=O)OC(CC(O)CO)(C(O)CO)C(O)(O)O. The number of carbonyl (C=O) groups excluding carboxylic acids is 2. The van der Waals surface area contributed by atoms with E-state index in [9.17, 15) is 35.1 Å². The normalized spacial score (nSPS) is 17.7. The van der Waals surface area contributed by atoms with Gasteiger partial charge in [0.25, 0.3) is 0 Å². The first-order valence-corrected chi connectivity index (χ1v) is 5.96. The summed E-state index contributed by atoms with van der Waals surface area (Å²) >= 11 is 0. The average Bonchev–Trinajstić information content (AvgIpc) is 2.34. The van der Waals surface area contributed by atoms with Crippen LogP contribution in [0.1, 0.15) is 19.8 Å². The van der Waals surface area contributed by atoms with Gasteiger partial charge in [0.1, 0.15) is 18.3 Å². The molecule has 0 aromatic rings. The minimum atomic E-state index is -3.85. The largest absolute Gasteiger partial charge is 0.447 e. The Balaban J connectivity index is 5.57. The van der Waals surface area contributed by atoms with Gasteiger partial charge in [-0.3, -0.25) is 9.59 Å². The van der Waals surface area contributed by atoms with E-state index in [1.54, 1.807) is 0 Å². The molecule has 21 heavy (non-hydrogen) atoms. The third-order valence-corrected chi connectivity index (χ3v) is 2.72. The number of Topliss-reactive ketones (excluding diaryl/α,β-unsaturated/α-hetero) is 1. The summed E-state index contributed by atoms with van der Waals surface area (Å²) in [5.74, 6) is -5.83. The molecule has 0 aliphatic heterocycles. The van der Waals surface area contributed by atoms with Gasteiger partial charge in [-0.2, -0.15) is 0 Å². The predicted octanol–water partition coefficient (Wildman–Crippen LogP) is -4.03. The number of ether oxygens (including phenoxy) is 1. The van der Waals surface area contributed by atoms with Crippen molar-refractivity contribution in [1.82, 2.24) is 0 Å². The Morgan fingerprint density at radius 1 is 1.10 bits per heavy atom. The standard InChI is InChI=1S/C11H20O10/c1-6(14)2-9(17)21-10(8(16)5-13,11(18,19)20)3-7(15)4-12/h7-8,12-13,15-16,18-20H,2-5H2,1H3. The molecule has 0 aliphatic rings. The molecule has 0 spiro atoms. The average molecular weight is 312 g/mol. The summed E-state index contributed by atoms with van der Waals surface area (Å²) in [5, 5.41) is 64.7. The van der Waals surface area contributed by atoms with Crippen LogP contribution in [-0.4, -0.2) is 84.5 Å². The van der Waals surface area contributed by atoms with Gasteiger partial charge in [0.05, 0.1) is 19.3 Å². The zero-order chi connectivity index (χ0) is 16.8. The van der Waals surface area contributed by atoms with E-state index in [0.717, 1.165) is 6.92 Å². The van der Waals surface area contributed by atoms with Crippen LogP contribution in [0.4, 0.5) is 0 Å². The van der Waals surface area contributed by atoms with Gasteiger partial charge >= 0.3 is 11.9 Å².